The quantitative estimate of drug-likeness (QED) is 0.562. The van der Waals surface area contributed by atoms with Crippen molar-refractivity contribution >= 4 is 5.97 Å². The summed E-state index contributed by atoms with van der Waals surface area (Å²) in [4.78, 5) is 10.3. The molecule has 0 unspecified atom stereocenters. The molecule has 0 aromatic heterocycles. The van der Waals surface area contributed by atoms with Crippen molar-refractivity contribution in [2.24, 2.45) is 0 Å². The SMILES string of the molecule is O=C(O)CCCCC=CCc1ccccc1. The lowest BCUT2D eigenvalue weighted by atomic mass is 10.1. The largest absolute Gasteiger partial charge is 0.481 e. The number of aliphatic carboxylic acids is 1. The number of hydrogen-bond donors (Lipinski definition) is 1. The molecule has 1 aromatic rings. The van der Waals surface area contributed by atoms with E-state index in [4.69, 9.17) is 5.11 Å². The van der Waals surface area contributed by atoms with Crippen LogP contribution in [0.3, 0.4) is 0 Å². The van der Waals surface area contributed by atoms with Gasteiger partial charge in [-0.05, 0) is 31.2 Å². The summed E-state index contributed by atoms with van der Waals surface area (Å²) in [5.74, 6) is -0.701. The highest BCUT2D eigenvalue weighted by Gasteiger charge is 1.94. The van der Waals surface area contributed by atoms with Gasteiger partial charge in [0.25, 0.3) is 0 Å². The van der Waals surface area contributed by atoms with Crippen LogP contribution in [-0.4, -0.2) is 11.1 Å². The van der Waals surface area contributed by atoms with Crippen LogP contribution in [0.25, 0.3) is 0 Å². The van der Waals surface area contributed by atoms with E-state index < -0.39 is 5.97 Å². The highest BCUT2D eigenvalue weighted by Crippen LogP contribution is 2.03. The van der Waals surface area contributed by atoms with E-state index in [1.54, 1.807) is 0 Å². The Balaban J connectivity index is 2.07. The van der Waals surface area contributed by atoms with Gasteiger partial charge in [0.2, 0.25) is 0 Å². The molecule has 0 amide bonds. The van der Waals surface area contributed by atoms with E-state index in [0.29, 0.717) is 0 Å². The molecule has 1 aromatic carbocycles. The van der Waals surface area contributed by atoms with Crippen LogP contribution in [0.2, 0.25) is 0 Å². The van der Waals surface area contributed by atoms with Crippen molar-refractivity contribution in [3.63, 3.8) is 0 Å². The number of unbranched alkanes of at least 4 members (excludes halogenated alkanes) is 2. The first-order valence-electron chi connectivity index (χ1n) is 5.70. The fourth-order valence-corrected chi connectivity index (χ4v) is 1.49. The number of carbonyl (C=O) groups is 1. The Hall–Kier alpha value is -1.57. The molecule has 86 valence electrons. The van der Waals surface area contributed by atoms with Gasteiger partial charge in [-0.15, -0.1) is 0 Å². The van der Waals surface area contributed by atoms with Crippen molar-refractivity contribution in [2.45, 2.75) is 32.1 Å². The summed E-state index contributed by atoms with van der Waals surface area (Å²) in [6, 6.07) is 10.3. The second-order valence-corrected chi connectivity index (χ2v) is 3.80. The lowest BCUT2D eigenvalue weighted by molar-refractivity contribution is -0.137. The minimum absolute atomic E-state index is 0.284. The van der Waals surface area contributed by atoms with Gasteiger partial charge < -0.3 is 5.11 Å². The van der Waals surface area contributed by atoms with Crippen LogP contribution in [0.15, 0.2) is 42.5 Å². The molecule has 0 aliphatic carbocycles. The van der Waals surface area contributed by atoms with Gasteiger partial charge in [0.1, 0.15) is 0 Å². The summed E-state index contributed by atoms with van der Waals surface area (Å²) in [6.45, 7) is 0. The predicted molar refractivity (Wildman–Crippen MR) is 65.4 cm³/mol. The molecule has 0 heterocycles. The lowest BCUT2D eigenvalue weighted by Gasteiger charge is -1.95. The van der Waals surface area contributed by atoms with Crippen molar-refractivity contribution in [1.29, 1.82) is 0 Å². The highest BCUT2D eigenvalue weighted by molar-refractivity contribution is 5.66. The smallest absolute Gasteiger partial charge is 0.303 e. The third-order valence-electron chi connectivity index (χ3n) is 2.37. The Morgan fingerprint density at radius 2 is 1.88 bits per heavy atom. The fourth-order valence-electron chi connectivity index (χ4n) is 1.49. The van der Waals surface area contributed by atoms with Gasteiger partial charge in [0, 0.05) is 6.42 Å². The van der Waals surface area contributed by atoms with Crippen molar-refractivity contribution in [1.82, 2.24) is 0 Å². The molecule has 16 heavy (non-hydrogen) atoms. The number of allylic oxidation sites excluding steroid dienone is 2. The number of benzene rings is 1. The third kappa shape index (κ3) is 6.02. The molecule has 2 nitrogen and oxygen atoms in total. The van der Waals surface area contributed by atoms with Gasteiger partial charge in [-0.3, -0.25) is 4.79 Å². The van der Waals surface area contributed by atoms with Gasteiger partial charge in [-0.2, -0.15) is 0 Å². The van der Waals surface area contributed by atoms with Gasteiger partial charge in [-0.25, -0.2) is 0 Å². The number of hydrogen-bond acceptors (Lipinski definition) is 1. The molecule has 0 saturated carbocycles. The van der Waals surface area contributed by atoms with Crippen molar-refractivity contribution in [3.05, 3.63) is 48.0 Å². The summed E-state index contributed by atoms with van der Waals surface area (Å²) in [5.41, 5.74) is 1.31. The Morgan fingerprint density at radius 3 is 2.56 bits per heavy atom. The monoisotopic (exact) mass is 218 g/mol. The van der Waals surface area contributed by atoms with Crippen LogP contribution in [0.5, 0.6) is 0 Å². The van der Waals surface area contributed by atoms with E-state index in [9.17, 15) is 4.79 Å². The summed E-state index contributed by atoms with van der Waals surface area (Å²) >= 11 is 0. The fraction of sp³-hybridized carbons (Fsp3) is 0.357. The van der Waals surface area contributed by atoms with Crippen LogP contribution in [-0.2, 0) is 11.2 Å². The van der Waals surface area contributed by atoms with Crippen LogP contribution in [0.1, 0.15) is 31.2 Å². The molecule has 0 radical (unpaired) electrons. The first-order valence-corrected chi connectivity index (χ1v) is 5.70. The molecule has 1 N–H and O–H groups in total. The molecule has 0 aliphatic rings. The van der Waals surface area contributed by atoms with Gasteiger partial charge in [0.05, 0.1) is 0 Å². The molecule has 0 bridgehead atoms. The van der Waals surface area contributed by atoms with Gasteiger partial charge in [0.15, 0.2) is 0 Å². The van der Waals surface area contributed by atoms with Gasteiger partial charge in [-0.1, -0.05) is 42.5 Å². The maximum Gasteiger partial charge on any atom is 0.303 e. The number of rotatable bonds is 7. The van der Waals surface area contributed by atoms with E-state index in [1.165, 1.54) is 5.56 Å². The maximum absolute atomic E-state index is 10.3. The first kappa shape index (κ1) is 12.5. The Bertz CT molecular complexity index is 328. The number of carboxylic acids is 1. The van der Waals surface area contributed by atoms with E-state index >= 15 is 0 Å². The molecular weight excluding hydrogens is 200 g/mol. The summed E-state index contributed by atoms with van der Waals surface area (Å²) in [5, 5.41) is 8.45. The molecular formula is C14H18O2. The van der Waals surface area contributed by atoms with Crippen molar-refractivity contribution in [2.75, 3.05) is 0 Å². The predicted octanol–water partition coefficient (Wildman–Crippen LogP) is 3.43. The standard InChI is InChI=1S/C14H18O2/c15-14(16)12-8-3-1-2-5-9-13-10-6-4-7-11-13/h2,4-7,10-11H,1,3,8-9,12H2,(H,15,16). The van der Waals surface area contributed by atoms with Crippen LogP contribution < -0.4 is 0 Å². The highest BCUT2D eigenvalue weighted by atomic mass is 16.4. The average Bonchev–Trinajstić information content (AvgIpc) is 2.29. The molecule has 0 aliphatic heterocycles. The van der Waals surface area contributed by atoms with Crippen LogP contribution >= 0.6 is 0 Å². The Kier molecular flexibility index (Phi) is 6.00. The zero-order valence-corrected chi connectivity index (χ0v) is 9.43. The maximum atomic E-state index is 10.3. The summed E-state index contributed by atoms with van der Waals surface area (Å²) in [7, 11) is 0. The van der Waals surface area contributed by atoms with Crippen molar-refractivity contribution in [3.8, 4) is 0 Å². The second-order valence-electron chi connectivity index (χ2n) is 3.80. The van der Waals surface area contributed by atoms with E-state index in [2.05, 4.69) is 24.3 Å². The molecule has 2 heteroatoms. The van der Waals surface area contributed by atoms with Gasteiger partial charge >= 0.3 is 5.97 Å². The van der Waals surface area contributed by atoms with Crippen LogP contribution in [0, 0.1) is 0 Å². The molecule has 1 rings (SSSR count). The molecule has 0 atom stereocenters. The van der Waals surface area contributed by atoms with E-state index in [0.717, 1.165) is 25.7 Å². The minimum Gasteiger partial charge on any atom is -0.481 e. The molecule has 0 fully saturated rings. The Labute approximate surface area is 96.6 Å². The molecule has 0 spiro atoms. The topological polar surface area (TPSA) is 37.3 Å². The normalized spacial score (nSPS) is 10.8. The summed E-state index contributed by atoms with van der Waals surface area (Å²) < 4.78 is 0. The number of carboxylic acid groups (broad SMARTS) is 1. The third-order valence-corrected chi connectivity index (χ3v) is 2.37. The average molecular weight is 218 g/mol. The molecule has 0 saturated heterocycles. The second kappa shape index (κ2) is 7.69. The summed E-state index contributed by atoms with van der Waals surface area (Å²) in [6.07, 6.45) is 8.22. The Morgan fingerprint density at radius 1 is 1.12 bits per heavy atom. The van der Waals surface area contributed by atoms with Crippen LogP contribution in [0.4, 0.5) is 0 Å². The van der Waals surface area contributed by atoms with E-state index in [1.807, 2.05) is 18.2 Å². The minimum atomic E-state index is -0.701. The zero-order chi connectivity index (χ0) is 11.6. The lowest BCUT2D eigenvalue weighted by Crippen LogP contribution is -1.92. The first-order chi connectivity index (χ1) is 7.79. The van der Waals surface area contributed by atoms with Crippen molar-refractivity contribution < 1.29 is 9.90 Å². The zero-order valence-electron chi connectivity index (χ0n) is 9.43. The van der Waals surface area contributed by atoms with E-state index in [-0.39, 0.29) is 6.42 Å².